The van der Waals surface area contributed by atoms with Gasteiger partial charge in [0.2, 0.25) is 11.1 Å². The second kappa shape index (κ2) is 8.42. The number of hydrogen-bond donors (Lipinski definition) is 1. The number of carbonyl (C=O) groups excluding carboxylic acids is 1. The Morgan fingerprint density at radius 3 is 2.60 bits per heavy atom. The van der Waals surface area contributed by atoms with E-state index in [4.69, 9.17) is 10.6 Å². The fourth-order valence-corrected chi connectivity index (χ4v) is 5.89. The van der Waals surface area contributed by atoms with Crippen LogP contribution in [0.1, 0.15) is 25.1 Å². The van der Waals surface area contributed by atoms with Crippen LogP contribution in [0.3, 0.4) is 0 Å². The number of nitrogens with zero attached hydrogens (tertiary/aromatic N) is 4. The molecule has 1 aromatic heterocycles. The third-order valence-corrected chi connectivity index (χ3v) is 7.75. The molecule has 4 rings (SSSR count). The lowest BCUT2D eigenvalue weighted by molar-refractivity contribution is -0.130. The van der Waals surface area contributed by atoms with Crippen molar-refractivity contribution in [3.8, 4) is 5.75 Å². The Balaban J connectivity index is 1.34. The van der Waals surface area contributed by atoms with E-state index in [1.54, 1.807) is 4.90 Å². The molecular formula is C18H22FN5O4S2. The highest BCUT2D eigenvalue weighted by Gasteiger charge is 2.42. The number of nitrogen functional groups attached to an aromatic ring is 1. The van der Waals surface area contributed by atoms with Crippen LogP contribution in [0.25, 0.3) is 0 Å². The Morgan fingerprint density at radius 2 is 1.97 bits per heavy atom. The van der Waals surface area contributed by atoms with Crippen LogP contribution in [-0.4, -0.2) is 63.4 Å². The maximum atomic E-state index is 12.9. The zero-order chi connectivity index (χ0) is 21.3. The van der Waals surface area contributed by atoms with E-state index < -0.39 is 9.84 Å². The monoisotopic (exact) mass is 455 g/mol. The molecule has 2 fully saturated rings. The molecule has 1 atom stereocenters. The highest BCUT2D eigenvalue weighted by molar-refractivity contribution is 7.99. The van der Waals surface area contributed by atoms with E-state index >= 15 is 0 Å². The average molecular weight is 456 g/mol. The SMILES string of the molecule is Nn1c(COc2ccc(F)cc2)nnc1SCC(=O)N(C1CC1)[C@H]1CCS(=O)(=O)C1. The zero-order valence-corrected chi connectivity index (χ0v) is 17.7. The molecule has 1 aliphatic heterocycles. The summed E-state index contributed by atoms with van der Waals surface area (Å²) in [5.41, 5.74) is 0. The Bertz CT molecular complexity index is 1020. The number of rotatable bonds is 8. The molecule has 2 aromatic rings. The molecule has 2 N–H and O–H groups in total. The molecule has 30 heavy (non-hydrogen) atoms. The number of sulfone groups is 1. The number of benzene rings is 1. The quantitative estimate of drug-likeness (QED) is 0.462. The van der Waals surface area contributed by atoms with Crippen molar-refractivity contribution in [1.82, 2.24) is 19.8 Å². The van der Waals surface area contributed by atoms with Crippen LogP contribution < -0.4 is 10.6 Å². The second-order valence-electron chi connectivity index (χ2n) is 7.39. The third-order valence-electron chi connectivity index (χ3n) is 5.07. The van der Waals surface area contributed by atoms with Gasteiger partial charge in [-0.05, 0) is 43.5 Å². The van der Waals surface area contributed by atoms with E-state index in [9.17, 15) is 17.6 Å². The lowest BCUT2D eigenvalue weighted by Crippen LogP contribution is -2.43. The van der Waals surface area contributed by atoms with Crippen LogP contribution in [0.4, 0.5) is 4.39 Å². The summed E-state index contributed by atoms with van der Waals surface area (Å²) < 4.78 is 43.3. The van der Waals surface area contributed by atoms with Crippen LogP contribution in [0.2, 0.25) is 0 Å². The number of amides is 1. The fraction of sp³-hybridized carbons (Fsp3) is 0.500. The van der Waals surface area contributed by atoms with Crippen molar-refractivity contribution in [3.05, 3.63) is 35.9 Å². The Hall–Kier alpha value is -2.34. The van der Waals surface area contributed by atoms with Crippen molar-refractivity contribution >= 4 is 27.5 Å². The Labute approximate surface area is 177 Å². The summed E-state index contributed by atoms with van der Waals surface area (Å²) >= 11 is 1.15. The molecule has 2 aliphatic rings. The topological polar surface area (TPSA) is 120 Å². The maximum Gasteiger partial charge on any atom is 0.233 e. The summed E-state index contributed by atoms with van der Waals surface area (Å²) in [5.74, 6) is 6.64. The summed E-state index contributed by atoms with van der Waals surface area (Å²) in [7, 11) is -3.06. The smallest absolute Gasteiger partial charge is 0.233 e. The van der Waals surface area contributed by atoms with Crippen molar-refractivity contribution in [2.75, 3.05) is 23.1 Å². The predicted octanol–water partition coefficient (Wildman–Crippen LogP) is 0.980. The van der Waals surface area contributed by atoms with Gasteiger partial charge in [-0.2, -0.15) is 0 Å². The summed E-state index contributed by atoms with van der Waals surface area (Å²) in [6, 6.07) is 5.46. The van der Waals surface area contributed by atoms with Crippen molar-refractivity contribution in [2.24, 2.45) is 0 Å². The van der Waals surface area contributed by atoms with Gasteiger partial charge in [0.15, 0.2) is 15.7 Å². The van der Waals surface area contributed by atoms with E-state index in [-0.39, 0.29) is 47.7 Å². The van der Waals surface area contributed by atoms with Gasteiger partial charge in [-0.3, -0.25) is 4.79 Å². The maximum absolute atomic E-state index is 12.9. The van der Waals surface area contributed by atoms with Crippen molar-refractivity contribution in [1.29, 1.82) is 0 Å². The Morgan fingerprint density at radius 1 is 1.23 bits per heavy atom. The molecule has 0 unspecified atom stereocenters. The number of halogens is 1. The second-order valence-corrected chi connectivity index (χ2v) is 10.6. The van der Waals surface area contributed by atoms with Crippen molar-refractivity contribution in [3.63, 3.8) is 0 Å². The lowest BCUT2D eigenvalue weighted by atomic mass is 10.2. The number of aromatic nitrogens is 3. The zero-order valence-electron chi connectivity index (χ0n) is 16.1. The molecule has 1 aliphatic carbocycles. The molecule has 12 heteroatoms. The predicted molar refractivity (Wildman–Crippen MR) is 109 cm³/mol. The van der Waals surface area contributed by atoms with E-state index in [1.807, 2.05) is 0 Å². The third kappa shape index (κ3) is 4.86. The van der Waals surface area contributed by atoms with Crippen molar-refractivity contribution in [2.45, 2.75) is 43.1 Å². The molecule has 0 radical (unpaired) electrons. The van der Waals surface area contributed by atoms with Gasteiger partial charge in [0.25, 0.3) is 0 Å². The first-order chi connectivity index (χ1) is 14.3. The molecular weight excluding hydrogens is 433 g/mol. The molecule has 1 saturated carbocycles. The highest BCUT2D eigenvalue weighted by Crippen LogP contribution is 2.33. The van der Waals surface area contributed by atoms with Crippen LogP contribution in [0, 0.1) is 5.82 Å². The number of thioether (sulfide) groups is 1. The van der Waals surface area contributed by atoms with Gasteiger partial charge in [0.05, 0.1) is 17.3 Å². The van der Waals surface area contributed by atoms with Crippen molar-refractivity contribution < 1.29 is 22.3 Å². The number of carbonyl (C=O) groups is 1. The van der Waals surface area contributed by atoms with Crippen LogP contribution in [-0.2, 0) is 21.2 Å². The minimum atomic E-state index is -3.06. The van der Waals surface area contributed by atoms with Gasteiger partial charge in [-0.25, -0.2) is 17.5 Å². The fourth-order valence-electron chi connectivity index (χ4n) is 3.44. The first kappa shape index (κ1) is 20.9. The first-order valence-electron chi connectivity index (χ1n) is 9.54. The summed E-state index contributed by atoms with van der Waals surface area (Å²) in [6.07, 6.45) is 2.31. The molecule has 1 aromatic carbocycles. The number of hydrogen-bond acceptors (Lipinski definition) is 8. The van der Waals surface area contributed by atoms with E-state index in [1.165, 1.54) is 28.9 Å². The molecule has 1 saturated heterocycles. The van der Waals surface area contributed by atoms with E-state index in [0.717, 1.165) is 24.6 Å². The lowest BCUT2D eigenvalue weighted by Gasteiger charge is -2.28. The molecule has 2 heterocycles. The molecule has 9 nitrogen and oxygen atoms in total. The van der Waals surface area contributed by atoms with Crippen LogP contribution in [0.15, 0.2) is 29.4 Å². The van der Waals surface area contributed by atoms with Crippen LogP contribution in [0.5, 0.6) is 5.75 Å². The Kier molecular flexibility index (Phi) is 5.87. The van der Waals surface area contributed by atoms with Gasteiger partial charge in [0, 0.05) is 12.1 Å². The summed E-state index contributed by atoms with van der Waals surface area (Å²) in [5, 5.41) is 8.33. The largest absolute Gasteiger partial charge is 0.486 e. The van der Waals surface area contributed by atoms with Gasteiger partial charge < -0.3 is 15.5 Å². The molecule has 1 amide bonds. The van der Waals surface area contributed by atoms with Gasteiger partial charge >= 0.3 is 0 Å². The summed E-state index contributed by atoms with van der Waals surface area (Å²) in [6.45, 7) is 0.0395. The number of nitrogens with two attached hydrogens (primary N) is 1. The summed E-state index contributed by atoms with van der Waals surface area (Å²) in [4.78, 5) is 14.6. The highest BCUT2D eigenvalue weighted by atomic mass is 32.2. The first-order valence-corrected chi connectivity index (χ1v) is 12.4. The average Bonchev–Trinajstić information content (AvgIpc) is 3.38. The van der Waals surface area contributed by atoms with E-state index in [0.29, 0.717) is 23.2 Å². The van der Waals surface area contributed by atoms with Gasteiger partial charge in [-0.15, -0.1) is 10.2 Å². The minimum absolute atomic E-state index is 0.0395. The van der Waals surface area contributed by atoms with Gasteiger partial charge in [0.1, 0.15) is 18.2 Å². The number of ether oxygens (including phenoxy) is 1. The van der Waals surface area contributed by atoms with Crippen LogP contribution >= 0.6 is 11.8 Å². The normalized spacial score (nSPS) is 20.2. The van der Waals surface area contributed by atoms with E-state index in [2.05, 4.69) is 10.2 Å². The van der Waals surface area contributed by atoms with Gasteiger partial charge in [-0.1, -0.05) is 11.8 Å². The standard InChI is InChI=1S/C18H22FN5O4S2/c19-12-1-5-15(6-2-12)28-9-16-21-22-18(24(16)20)29-10-17(25)23(13-3-4-13)14-7-8-30(26,27)11-14/h1-2,5-6,13-14H,3-4,7-11,20H2/t14-/m0/s1. The minimum Gasteiger partial charge on any atom is -0.486 e. The molecule has 162 valence electrons. The molecule has 0 bridgehead atoms. The molecule has 0 spiro atoms.